The number of Topliss-reactive ketones (excluding diaryl/α,β-unsaturated/α-hetero) is 1. The first kappa shape index (κ1) is 24.6. The second-order valence-corrected chi connectivity index (χ2v) is 9.47. The summed E-state index contributed by atoms with van der Waals surface area (Å²) >= 11 is 0. The maximum Gasteiger partial charge on any atom is 0.257 e. The second kappa shape index (κ2) is 9.99. The number of primary amides is 1. The minimum absolute atomic E-state index is 0.0152. The number of benzene rings is 1. The normalized spacial score (nSPS) is 23.9. The average Bonchev–Trinajstić information content (AvgIpc) is 3.59. The second-order valence-electron chi connectivity index (χ2n) is 9.47. The van der Waals surface area contributed by atoms with Gasteiger partial charge in [-0.15, -0.1) is 0 Å². The van der Waals surface area contributed by atoms with E-state index in [1.54, 1.807) is 6.20 Å². The van der Waals surface area contributed by atoms with Gasteiger partial charge in [0.2, 0.25) is 11.8 Å². The molecule has 4 atom stereocenters. The maximum absolute atomic E-state index is 14.2. The van der Waals surface area contributed by atoms with E-state index >= 15 is 0 Å². The van der Waals surface area contributed by atoms with E-state index in [-0.39, 0.29) is 25.2 Å². The fourth-order valence-electron chi connectivity index (χ4n) is 5.54. The first-order valence-electron chi connectivity index (χ1n) is 12.0. The Labute approximate surface area is 204 Å². The zero-order valence-corrected chi connectivity index (χ0v) is 19.9. The lowest BCUT2D eigenvalue weighted by atomic mass is 9.82. The number of nitrogens with two attached hydrogens (primary N) is 2. The van der Waals surface area contributed by atoms with Crippen molar-refractivity contribution in [2.24, 2.45) is 11.5 Å². The van der Waals surface area contributed by atoms with Crippen LogP contribution in [0.25, 0.3) is 0 Å². The molecule has 1 unspecified atom stereocenters. The van der Waals surface area contributed by atoms with E-state index in [4.69, 9.17) is 11.5 Å². The number of carbonyl (C=O) groups excluding carboxylic acids is 4. The van der Waals surface area contributed by atoms with Crippen LogP contribution >= 0.6 is 0 Å². The number of rotatable bonds is 9. The highest BCUT2D eigenvalue weighted by molar-refractivity contribution is 6.17. The first-order valence-corrected chi connectivity index (χ1v) is 12.0. The molecule has 0 saturated carbocycles. The van der Waals surface area contributed by atoms with Gasteiger partial charge in [-0.25, -0.2) is 4.98 Å². The van der Waals surface area contributed by atoms with Gasteiger partial charge in [0.15, 0.2) is 11.3 Å². The van der Waals surface area contributed by atoms with Gasteiger partial charge in [0, 0.05) is 37.3 Å². The molecule has 10 heteroatoms. The number of aromatic nitrogens is 2. The number of imidazole rings is 1. The third-order valence-corrected chi connectivity index (χ3v) is 7.13. The molecule has 186 valence electrons. The molecule has 2 saturated heterocycles. The molecule has 3 amide bonds. The molecule has 1 aromatic heterocycles. The lowest BCUT2D eigenvalue weighted by Crippen LogP contribution is -2.68. The smallest absolute Gasteiger partial charge is 0.257 e. The third-order valence-electron chi connectivity index (χ3n) is 7.13. The topological polar surface area (TPSA) is 155 Å². The Hall–Kier alpha value is -3.53. The molecule has 0 bridgehead atoms. The third kappa shape index (κ3) is 4.58. The number of H-pyrrole nitrogens is 1. The Morgan fingerprint density at radius 3 is 2.63 bits per heavy atom. The molecule has 0 radical (unpaired) electrons. The Kier molecular flexibility index (Phi) is 7.02. The molecule has 0 spiro atoms. The number of ketones is 1. The summed E-state index contributed by atoms with van der Waals surface area (Å²) in [7, 11) is 0. The number of hydrogen-bond acceptors (Lipinski definition) is 6. The summed E-state index contributed by atoms with van der Waals surface area (Å²) in [5.74, 6) is -1.99. The number of nitrogens with one attached hydrogen (secondary N) is 1. The van der Waals surface area contributed by atoms with E-state index in [2.05, 4.69) is 9.97 Å². The van der Waals surface area contributed by atoms with E-state index in [1.807, 2.05) is 37.3 Å². The molecule has 2 fully saturated rings. The number of amides is 3. The number of likely N-dealkylation sites (tertiary alicyclic amines) is 2. The van der Waals surface area contributed by atoms with Crippen LogP contribution in [0.3, 0.4) is 0 Å². The Balaban J connectivity index is 1.73. The fourth-order valence-corrected chi connectivity index (χ4v) is 5.54. The monoisotopic (exact) mass is 480 g/mol. The highest BCUT2D eigenvalue weighted by Crippen LogP contribution is 2.38. The molecule has 0 aliphatic carbocycles. The van der Waals surface area contributed by atoms with Crippen molar-refractivity contribution in [3.05, 3.63) is 54.1 Å². The van der Waals surface area contributed by atoms with E-state index in [1.165, 1.54) is 16.1 Å². The van der Waals surface area contributed by atoms with Crippen LogP contribution in [0.2, 0.25) is 0 Å². The van der Waals surface area contributed by atoms with Gasteiger partial charge in [0.05, 0.1) is 12.4 Å². The molecule has 5 N–H and O–H groups in total. The van der Waals surface area contributed by atoms with Gasteiger partial charge in [-0.05, 0) is 38.2 Å². The van der Waals surface area contributed by atoms with Crippen molar-refractivity contribution >= 4 is 23.5 Å². The molecule has 2 aliphatic heterocycles. The number of aromatic amines is 1. The minimum atomic E-state index is -1.79. The largest absolute Gasteiger partial charge is 0.368 e. The summed E-state index contributed by atoms with van der Waals surface area (Å²) in [6, 6.07) is 7.28. The molecule has 10 nitrogen and oxygen atoms in total. The standard InChI is InChI=1S/C25H32N6O4/c1-16(12-17-6-3-2-4-7-17)31-21(32)9-10-25(31,22(33)19(26)13-18-14-28-15-29-18)24(35)30-11-5-8-20(30)23(27)34/h2-4,6-7,14-16,19-20H,5,8-13,26H2,1H3,(H2,27,34)(H,28,29)/t16?,19-,20-,25+/m0/s1. The Morgan fingerprint density at radius 1 is 1.23 bits per heavy atom. The van der Waals surface area contributed by atoms with Crippen LogP contribution in [0.15, 0.2) is 42.9 Å². The molecule has 35 heavy (non-hydrogen) atoms. The summed E-state index contributed by atoms with van der Waals surface area (Å²) in [5, 5.41) is 0. The zero-order chi connectivity index (χ0) is 25.2. The number of carbonyl (C=O) groups is 4. The van der Waals surface area contributed by atoms with Crippen molar-refractivity contribution in [1.29, 1.82) is 0 Å². The molecule has 1 aromatic carbocycles. The summed E-state index contributed by atoms with van der Waals surface area (Å²) in [5.41, 5.74) is 11.8. The summed E-state index contributed by atoms with van der Waals surface area (Å²) < 4.78 is 0. The average molecular weight is 481 g/mol. The lowest BCUT2D eigenvalue weighted by Gasteiger charge is -2.43. The molecule has 3 heterocycles. The highest BCUT2D eigenvalue weighted by Gasteiger charge is 2.61. The fraction of sp³-hybridized carbons (Fsp3) is 0.480. The summed E-state index contributed by atoms with van der Waals surface area (Å²) in [6.07, 6.45) is 4.75. The molecular weight excluding hydrogens is 448 g/mol. The quantitative estimate of drug-likeness (QED) is 0.439. The Morgan fingerprint density at radius 2 is 1.97 bits per heavy atom. The van der Waals surface area contributed by atoms with Crippen LogP contribution in [0.1, 0.15) is 43.9 Å². The van der Waals surface area contributed by atoms with Crippen LogP contribution in [-0.2, 0) is 32.0 Å². The van der Waals surface area contributed by atoms with E-state index < -0.39 is 41.3 Å². The van der Waals surface area contributed by atoms with Gasteiger partial charge in [0.25, 0.3) is 5.91 Å². The van der Waals surface area contributed by atoms with Gasteiger partial charge >= 0.3 is 0 Å². The van der Waals surface area contributed by atoms with E-state index in [0.29, 0.717) is 31.5 Å². The maximum atomic E-state index is 14.2. The molecule has 2 aliphatic rings. The Bertz CT molecular complexity index is 1090. The van der Waals surface area contributed by atoms with Crippen molar-refractivity contribution in [1.82, 2.24) is 19.8 Å². The van der Waals surface area contributed by atoms with Gasteiger partial charge in [0.1, 0.15) is 6.04 Å². The lowest BCUT2D eigenvalue weighted by molar-refractivity contribution is -0.159. The van der Waals surface area contributed by atoms with Crippen LogP contribution < -0.4 is 11.5 Å². The predicted octanol–water partition coefficient (Wildman–Crippen LogP) is 0.317. The first-order chi connectivity index (χ1) is 16.8. The van der Waals surface area contributed by atoms with Crippen molar-refractivity contribution in [3.8, 4) is 0 Å². The van der Waals surface area contributed by atoms with Crippen molar-refractivity contribution in [3.63, 3.8) is 0 Å². The SMILES string of the molecule is CC(Cc1ccccc1)N1C(=O)CC[C@@]1(C(=O)[C@@H](N)Cc1cnc[nH]1)C(=O)N1CCC[C@H]1C(N)=O. The van der Waals surface area contributed by atoms with Gasteiger partial charge in [-0.2, -0.15) is 0 Å². The van der Waals surface area contributed by atoms with E-state index in [0.717, 1.165) is 5.56 Å². The van der Waals surface area contributed by atoms with Crippen LogP contribution in [0.4, 0.5) is 0 Å². The van der Waals surface area contributed by atoms with Crippen LogP contribution in [-0.4, -0.2) is 73.5 Å². The zero-order valence-electron chi connectivity index (χ0n) is 19.9. The molecule has 2 aromatic rings. The number of hydrogen-bond donors (Lipinski definition) is 3. The van der Waals surface area contributed by atoms with Gasteiger partial charge in [-0.3, -0.25) is 19.2 Å². The van der Waals surface area contributed by atoms with Crippen LogP contribution in [0, 0.1) is 0 Å². The predicted molar refractivity (Wildman–Crippen MR) is 128 cm³/mol. The number of nitrogens with zero attached hydrogens (tertiary/aromatic N) is 3. The summed E-state index contributed by atoms with van der Waals surface area (Å²) in [6.45, 7) is 2.13. The molecule has 4 rings (SSSR count). The molecular formula is C25H32N6O4. The van der Waals surface area contributed by atoms with E-state index in [9.17, 15) is 19.2 Å². The van der Waals surface area contributed by atoms with Crippen LogP contribution in [0.5, 0.6) is 0 Å². The minimum Gasteiger partial charge on any atom is -0.368 e. The summed E-state index contributed by atoms with van der Waals surface area (Å²) in [4.78, 5) is 63.3. The highest BCUT2D eigenvalue weighted by atomic mass is 16.2. The van der Waals surface area contributed by atoms with Gasteiger partial charge in [-0.1, -0.05) is 30.3 Å². The van der Waals surface area contributed by atoms with Crippen molar-refractivity contribution < 1.29 is 19.2 Å². The van der Waals surface area contributed by atoms with Gasteiger partial charge < -0.3 is 26.3 Å². The van der Waals surface area contributed by atoms with Crippen molar-refractivity contribution in [2.45, 2.75) is 69.1 Å². The van der Waals surface area contributed by atoms with Crippen molar-refractivity contribution in [2.75, 3.05) is 6.54 Å².